The largest absolute Gasteiger partial charge is 0.464 e. The van der Waals surface area contributed by atoms with Crippen LogP contribution in [-0.4, -0.2) is 56.3 Å². The average Bonchev–Trinajstić information content (AvgIpc) is 2.91. The number of aromatic nitrogens is 1. The van der Waals surface area contributed by atoms with Crippen LogP contribution in [0.1, 0.15) is 76.7 Å². The summed E-state index contributed by atoms with van der Waals surface area (Å²) in [6.07, 6.45) is 6.87. The van der Waals surface area contributed by atoms with Crippen LogP contribution in [0.2, 0.25) is 0 Å². The van der Waals surface area contributed by atoms with Gasteiger partial charge in [0.25, 0.3) is 27.7 Å². The third-order valence-corrected chi connectivity index (χ3v) is 7.06. The van der Waals surface area contributed by atoms with Gasteiger partial charge in [-0.3, -0.25) is 24.2 Å². The van der Waals surface area contributed by atoms with Crippen molar-refractivity contribution in [3.63, 3.8) is 0 Å². The zero-order valence-electron chi connectivity index (χ0n) is 20.5. The van der Waals surface area contributed by atoms with Gasteiger partial charge in [0.2, 0.25) is 0 Å². The smallest absolute Gasteiger partial charge is 0.325 e. The van der Waals surface area contributed by atoms with E-state index in [1.165, 1.54) is 36.4 Å². The predicted octanol–water partition coefficient (Wildman–Crippen LogP) is 1.95. The highest BCUT2D eigenvalue weighted by Gasteiger charge is 2.21. The van der Waals surface area contributed by atoms with E-state index in [1.54, 1.807) is 0 Å². The highest BCUT2D eigenvalue weighted by Crippen LogP contribution is 2.18. The summed E-state index contributed by atoms with van der Waals surface area (Å²) in [5.74, 6) is -2.45. The first-order chi connectivity index (χ1) is 17.7. The summed E-state index contributed by atoms with van der Waals surface area (Å²) in [6.45, 7) is 1.76. The molecule has 1 saturated carbocycles. The number of benzene rings is 1. The number of nitrogens with one attached hydrogen (secondary N) is 3. The maximum atomic E-state index is 12.7. The molecule has 0 unspecified atom stereocenters. The maximum Gasteiger partial charge on any atom is 0.325 e. The molecule has 2 aromatic rings. The van der Waals surface area contributed by atoms with Gasteiger partial charge in [0.05, 0.1) is 17.1 Å². The van der Waals surface area contributed by atoms with Crippen molar-refractivity contribution in [3.8, 4) is 0 Å². The van der Waals surface area contributed by atoms with Gasteiger partial charge in [-0.1, -0.05) is 26.2 Å². The Balaban J connectivity index is 1.56. The van der Waals surface area contributed by atoms with E-state index in [-0.39, 0.29) is 41.3 Å². The van der Waals surface area contributed by atoms with E-state index < -0.39 is 27.8 Å². The summed E-state index contributed by atoms with van der Waals surface area (Å²) in [4.78, 5) is 52.2. The van der Waals surface area contributed by atoms with Crippen LogP contribution in [0.15, 0.2) is 47.5 Å². The lowest BCUT2D eigenvalue weighted by molar-refractivity contribution is -0.142. The molecule has 198 valence electrons. The summed E-state index contributed by atoms with van der Waals surface area (Å²) in [6, 6.07) is 7.88. The first-order valence-electron chi connectivity index (χ1n) is 12.1. The van der Waals surface area contributed by atoms with Crippen molar-refractivity contribution < 1.29 is 32.3 Å². The van der Waals surface area contributed by atoms with Crippen LogP contribution in [0.3, 0.4) is 0 Å². The molecule has 0 radical (unpaired) electrons. The van der Waals surface area contributed by atoms with Crippen molar-refractivity contribution in [3.05, 3.63) is 59.4 Å². The van der Waals surface area contributed by atoms with Crippen LogP contribution in [0.5, 0.6) is 0 Å². The Morgan fingerprint density at radius 2 is 1.59 bits per heavy atom. The van der Waals surface area contributed by atoms with Crippen molar-refractivity contribution >= 4 is 33.7 Å². The zero-order chi connectivity index (χ0) is 26.8. The SMILES string of the molecule is CCCOC(=O)CNC(=O)c1ccc(C(=O)NS(=O)(=O)c2ccc(C(=O)NC3CCCCC3)cc2)cn1. The molecule has 3 amide bonds. The van der Waals surface area contributed by atoms with Gasteiger partial charge in [0.1, 0.15) is 12.2 Å². The number of sulfonamides is 1. The molecule has 0 saturated heterocycles. The van der Waals surface area contributed by atoms with Crippen molar-refractivity contribution in [1.82, 2.24) is 20.3 Å². The van der Waals surface area contributed by atoms with Crippen molar-refractivity contribution in [2.45, 2.75) is 56.4 Å². The first-order valence-corrected chi connectivity index (χ1v) is 13.6. The standard InChI is InChI=1S/C25H30N4O7S/c1-2-14-36-22(30)16-27-25(33)21-13-10-18(15-26-21)24(32)29-37(34,35)20-11-8-17(9-12-20)23(31)28-19-6-4-3-5-7-19/h8-13,15,19H,2-7,14,16H2,1H3,(H,27,33)(H,28,31)(H,29,32). The average molecular weight is 531 g/mol. The van der Waals surface area contributed by atoms with Crippen LogP contribution in [0, 0.1) is 0 Å². The molecule has 12 heteroatoms. The highest BCUT2D eigenvalue weighted by molar-refractivity contribution is 7.90. The minimum absolute atomic E-state index is 0.0650. The number of rotatable bonds is 10. The van der Waals surface area contributed by atoms with Crippen molar-refractivity contribution in [2.24, 2.45) is 0 Å². The van der Waals surface area contributed by atoms with E-state index in [4.69, 9.17) is 4.74 Å². The van der Waals surface area contributed by atoms with Gasteiger partial charge in [-0.2, -0.15) is 0 Å². The molecule has 1 aliphatic rings. The Labute approximate surface area is 215 Å². The van der Waals surface area contributed by atoms with Gasteiger partial charge < -0.3 is 15.4 Å². The van der Waals surface area contributed by atoms with Gasteiger partial charge >= 0.3 is 5.97 Å². The van der Waals surface area contributed by atoms with E-state index >= 15 is 0 Å². The fraction of sp³-hybridized carbons (Fsp3) is 0.400. The van der Waals surface area contributed by atoms with Crippen molar-refractivity contribution in [1.29, 1.82) is 0 Å². The molecule has 0 atom stereocenters. The molecule has 1 aromatic heterocycles. The third-order valence-electron chi connectivity index (χ3n) is 5.71. The Morgan fingerprint density at radius 3 is 2.22 bits per heavy atom. The van der Waals surface area contributed by atoms with Gasteiger partial charge in [0, 0.05) is 17.8 Å². The van der Waals surface area contributed by atoms with Crippen LogP contribution in [0.25, 0.3) is 0 Å². The van der Waals surface area contributed by atoms with Gasteiger partial charge in [0.15, 0.2) is 0 Å². The number of pyridine rings is 1. The lowest BCUT2D eigenvalue weighted by Crippen LogP contribution is -2.36. The Hall–Kier alpha value is -3.80. The summed E-state index contributed by atoms with van der Waals surface area (Å²) < 4.78 is 32.1. The number of carbonyl (C=O) groups is 4. The van der Waals surface area contributed by atoms with Gasteiger partial charge in [-0.25, -0.2) is 13.1 Å². The fourth-order valence-corrected chi connectivity index (χ4v) is 4.69. The Bertz CT molecular complexity index is 1220. The lowest BCUT2D eigenvalue weighted by atomic mass is 9.95. The van der Waals surface area contributed by atoms with Gasteiger partial charge in [-0.15, -0.1) is 0 Å². The molecule has 1 aromatic carbocycles. The van der Waals surface area contributed by atoms with Crippen molar-refractivity contribution in [2.75, 3.05) is 13.2 Å². The normalized spacial score (nSPS) is 13.9. The third kappa shape index (κ3) is 8.10. The second kappa shape index (κ2) is 12.9. The van der Waals surface area contributed by atoms with E-state index in [0.29, 0.717) is 12.0 Å². The summed E-state index contributed by atoms with van der Waals surface area (Å²) >= 11 is 0. The molecule has 3 rings (SSSR count). The van der Waals surface area contributed by atoms with Crippen LogP contribution < -0.4 is 15.4 Å². The summed E-state index contributed by atoms with van der Waals surface area (Å²) in [5.41, 5.74) is 0.170. The topological polar surface area (TPSA) is 161 Å². The number of carbonyl (C=O) groups excluding carboxylic acids is 4. The molecule has 1 aliphatic carbocycles. The number of hydrogen-bond donors (Lipinski definition) is 3. The summed E-state index contributed by atoms with van der Waals surface area (Å²) in [5, 5.41) is 5.31. The molecule has 0 spiro atoms. The van der Waals surface area contributed by atoms with E-state index in [9.17, 15) is 27.6 Å². The lowest BCUT2D eigenvalue weighted by Gasteiger charge is -2.22. The number of esters is 1. The molecule has 3 N–H and O–H groups in total. The molecule has 0 aliphatic heterocycles. The number of hydrogen-bond acceptors (Lipinski definition) is 8. The molecule has 37 heavy (non-hydrogen) atoms. The first kappa shape index (κ1) is 27.8. The highest BCUT2D eigenvalue weighted by atomic mass is 32.2. The minimum Gasteiger partial charge on any atom is -0.464 e. The van der Waals surface area contributed by atoms with Crippen LogP contribution >= 0.6 is 0 Å². The Morgan fingerprint density at radius 1 is 0.919 bits per heavy atom. The van der Waals surface area contributed by atoms with E-state index in [0.717, 1.165) is 38.3 Å². The molecule has 11 nitrogen and oxygen atoms in total. The quantitative estimate of drug-likeness (QED) is 0.393. The van der Waals surface area contributed by atoms with E-state index in [1.807, 2.05) is 11.6 Å². The van der Waals surface area contributed by atoms with Crippen LogP contribution in [0.4, 0.5) is 0 Å². The number of amides is 3. The predicted molar refractivity (Wildman–Crippen MR) is 133 cm³/mol. The minimum atomic E-state index is -4.22. The number of ether oxygens (including phenoxy) is 1. The zero-order valence-corrected chi connectivity index (χ0v) is 21.3. The molecule has 1 fully saturated rings. The van der Waals surface area contributed by atoms with Crippen LogP contribution in [-0.2, 0) is 19.6 Å². The monoisotopic (exact) mass is 530 g/mol. The summed E-state index contributed by atoms with van der Waals surface area (Å²) in [7, 11) is -4.22. The maximum absolute atomic E-state index is 12.7. The second-order valence-electron chi connectivity index (χ2n) is 8.60. The molecular weight excluding hydrogens is 500 g/mol. The molecule has 0 bridgehead atoms. The van der Waals surface area contributed by atoms with E-state index in [2.05, 4.69) is 15.6 Å². The Kier molecular flexibility index (Phi) is 9.72. The molecular formula is C25H30N4O7S. The number of nitrogens with zero attached hydrogens (tertiary/aromatic N) is 1. The fourth-order valence-electron chi connectivity index (χ4n) is 3.71. The second-order valence-corrected chi connectivity index (χ2v) is 10.3. The van der Waals surface area contributed by atoms with Gasteiger partial charge in [-0.05, 0) is 55.7 Å². The molecule has 1 heterocycles.